The van der Waals surface area contributed by atoms with Crippen molar-refractivity contribution in [1.29, 1.82) is 0 Å². The quantitative estimate of drug-likeness (QED) is 0.326. The molecule has 0 bridgehead atoms. The lowest BCUT2D eigenvalue weighted by Crippen LogP contribution is -2.38. The number of carbonyl (C=O) groups is 1. The Kier molecular flexibility index (Phi) is 4.10. The Bertz CT molecular complexity index is 340. The van der Waals surface area contributed by atoms with Crippen molar-refractivity contribution >= 4 is 17.7 Å². The molecule has 1 rings (SSSR count). The predicted octanol–water partition coefficient (Wildman–Crippen LogP) is -0.0783. The van der Waals surface area contributed by atoms with Crippen molar-refractivity contribution in [1.82, 2.24) is 20.2 Å². The summed E-state index contributed by atoms with van der Waals surface area (Å²) in [6, 6.07) is 0. The first-order valence-corrected chi connectivity index (χ1v) is 5.45. The Balaban J connectivity index is 2.59. The van der Waals surface area contributed by atoms with Crippen LogP contribution in [0.3, 0.4) is 0 Å². The Hall–Kier alpha value is -1.08. The molecule has 0 saturated heterocycles. The van der Waals surface area contributed by atoms with Gasteiger partial charge in [-0.3, -0.25) is 10.2 Å². The van der Waals surface area contributed by atoms with Crippen LogP contribution in [0.5, 0.6) is 0 Å². The van der Waals surface area contributed by atoms with Gasteiger partial charge in [0.2, 0.25) is 5.91 Å². The van der Waals surface area contributed by atoms with E-state index < -0.39 is 0 Å². The van der Waals surface area contributed by atoms with E-state index >= 15 is 0 Å². The van der Waals surface area contributed by atoms with Crippen molar-refractivity contribution in [2.75, 3.05) is 0 Å². The maximum atomic E-state index is 11.3. The van der Waals surface area contributed by atoms with Crippen LogP contribution in [0.1, 0.15) is 13.8 Å². The van der Waals surface area contributed by atoms with Crippen LogP contribution in [0.2, 0.25) is 0 Å². The van der Waals surface area contributed by atoms with Crippen molar-refractivity contribution in [3.05, 3.63) is 6.33 Å². The van der Waals surface area contributed by atoms with Crippen LogP contribution in [0.15, 0.2) is 11.5 Å². The molecule has 2 unspecified atom stereocenters. The van der Waals surface area contributed by atoms with Gasteiger partial charge >= 0.3 is 0 Å². The number of carbonyl (C=O) groups excluding carboxylic acids is 1. The van der Waals surface area contributed by atoms with Crippen molar-refractivity contribution in [2.24, 2.45) is 18.8 Å². The first kappa shape index (κ1) is 12.0. The van der Waals surface area contributed by atoms with Crippen LogP contribution in [-0.2, 0) is 11.8 Å². The molecule has 0 aliphatic heterocycles. The monoisotopic (exact) mass is 229 g/mol. The van der Waals surface area contributed by atoms with Gasteiger partial charge in [0.25, 0.3) is 0 Å². The molecule has 7 heteroatoms. The van der Waals surface area contributed by atoms with E-state index in [2.05, 4.69) is 15.6 Å². The van der Waals surface area contributed by atoms with Crippen LogP contribution in [0.4, 0.5) is 0 Å². The summed E-state index contributed by atoms with van der Waals surface area (Å²) in [5, 5.41) is 8.59. The molecule has 0 aromatic carbocycles. The Morgan fingerprint density at radius 3 is 2.80 bits per heavy atom. The predicted molar refractivity (Wildman–Crippen MR) is 57.8 cm³/mol. The van der Waals surface area contributed by atoms with Crippen molar-refractivity contribution in [3.8, 4) is 0 Å². The molecule has 0 radical (unpaired) electrons. The highest BCUT2D eigenvalue weighted by atomic mass is 32.2. The standard InChI is InChI=1S/C8H15N5OS/c1-5(7(14)11-9)6(2)15-8-12-10-4-13(8)3/h4-6H,9H2,1-3H3,(H,11,14). The van der Waals surface area contributed by atoms with Gasteiger partial charge in [-0.1, -0.05) is 25.6 Å². The zero-order valence-electron chi connectivity index (χ0n) is 8.97. The minimum Gasteiger partial charge on any atom is -0.312 e. The summed E-state index contributed by atoms with van der Waals surface area (Å²) in [6.45, 7) is 3.79. The number of nitrogens with zero attached hydrogens (tertiary/aromatic N) is 3. The van der Waals surface area contributed by atoms with Gasteiger partial charge in [-0.2, -0.15) is 0 Å². The first-order valence-electron chi connectivity index (χ1n) is 4.57. The molecule has 1 amide bonds. The van der Waals surface area contributed by atoms with Crippen LogP contribution >= 0.6 is 11.8 Å². The molecule has 0 saturated carbocycles. The van der Waals surface area contributed by atoms with Crippen molar-refractivity contribution < 1.29 is 4.79 Å². The second kappa shape index (κ2) is 5.13. The lowest BCUT2D eigenvalue weighted by molar-refractivity contribution is -0.124. The molecule has 0 fully saturated rings. The fourth-order valence-corrected chi connectivity index (χ4v) is 1.96. The lowest BCUT2D eigenvalue weighted by Gasteiger charge is -2.16. The fraction of sp³-hybridized carbons (Fsp3) is 0.625. The number of hydrogen-bond acceptors (Lipinski definition) is 5. The maximum absolute atomic E-state index is 11.3. The number of aromatic nitrogens is 3. The van der Waals surface area contributed by atoms with E-state index in [4.69, 9.17) is 5.84 Å². The molecule has 1 heterocycles. The highest BCUT2D eigenvalue weighted by Gasteiger charge is 2.21. The zero-order chi connectivity index (χ0) is 11.4. The molecule has 0 spiro atoms. The van der Waals surface area contributed by atoms with Gasteiger partial charge in [-0.25, -0.2) is 5.84 Å². The van der Waals surface area contributed by atoms with Crippen LogP contribution in [0, 0.1) is 5.92 Å². The second-order valence-electron chi connectivity index (χ2n) is 3.34. The number of aryl methyl sites for hydroxylation is 1. The molecule has 84 valence electrons. The summed E-state index contributed by atoms with van der Waals surface area (Å²) in [5.41, 5.74) is 2.14. The molecule has 6 nitrogen and oxygen atoms in total. The van der Waals surface area contributed by atoms with Gasteiger partial charge in [0, 0.05) is 18.2 Å². The van der Waals surface area contributed by atoms with Crippen LogP contribution in [0.25, 0.3) is 0 Å². The third-order valence-electron chi connectivity index (χ3n) is 2.22. The van der Waals surface area contributed by atoms with E-state index in [1.807, 2.05) is 25.5 Å². The van der Waals surface area contributed by atoms with Crippen molar-refractivity contribution in [3.63, 3.8) is 0 Å². The number of amides is 1. The lowest BCUT2D eigenvalue weighted by atomic mass is 10.1. The molecule has 1 aromatic rings. The summed E-state index contributed by atoms with van der Waals surface area (Å²) in [6.07, 6.45) is 1.63. The average Bonchev–Trinajstić information content (AvgIpc) is 2.62. The maximum Gasteiger partial charge on any atom is 0.237 e. The Morgan fingerprint density at radius 2 is 2.33 bits per heavy atom. The molecular weight excluding hydrogens is 214 g/mol. The SMILES string of the molecule is CC(Sc1nncn1C)C(C)C(=O)NN. The fourth-order valence-electron chi connectivity index (χ4n) is 0.992. The highest BCUT2D eigenvalue weighted by Crippen LogP contribution is 2.25. The number of hydrazine groups is 1. The average molecular weight is 229 g/mol. The number of hydrogen-bond donors (Lipinski definition) is 2. The zero-order valence-corrected chi connectivity index (χ0v) is 9.78. The van der Waals surface area contributed by atoms with Crippen LogP contribution in [-0.4, -0.2) is 25.9 Å². The molecule has 0 aliphatic rings. The van der Waals surface area contributed by atoms with E-state index in [0.717, 1.165) is 5.16 Å². The smallest absolute Gasteiger partial charge is 0.237 e. The largest absolute Gasteiger partial charge is 0.312 e. The minimum atomic E-state index is -0.170. The van der Waals surface area contributed by atoms with Gasteiger partial charge < -0.3 is 4.57 Å². The van der Waals surface area contributed by atoms with Crippen LogP contribution < -0.4 is 11.3 Å². The van der Waals surface area contributed by atoms with E-state index in [1.54, 1.807) is 6.33 Å². The summed E-state index contributed by atoms with van der Waals surface area (Å²) < 4.78 is 1.81. The third kappa shape index (κ3) is 2.93. The molecular formula is C8H15N5OS. The summed E-state index contributed by atoms with van der Waals surface area (Å²) in [5.74, 6) is 4.73. The second-order valence-corrected chi connectivity index (χ2v) is 4.69. The summed E-state index contributed by atoms with van der Waals surface area (Å²) in [7, 11) is 1.86. The Labute approximate surface area is 92.6 Å². The van der Waals surface area contributed by atoms with E-state index in [0.29, 0.717) is 0 Å². The molecule has 3 N–H and O–H groups in total. The molecule has 0 aliphatic carbocycles. The highest BCUT2D eigenvalue weighted by molar-refractivity contribution is 7.99. The number of nitrogens with two attached hydrogens (primary N) is 1. The summed E-state index contributed by atoms with van der Waals surface area (Å²) in [4.78, 5) is 11.3. The third-order valence-corrected chi connectivity index (χ3v) is 3.58. The minimum absolute atomic E-state index is 0.0939. The van der Waals surface area contributed by atoms with Gasteiger partial charge in [-0.15, -0.1) is 10.2 Å². The summed E-state index contributed by atoms with van der Waals surface area (Å²) >= 11 is 1.50. The molecule has 1 aromatic heterocycles. The number of nitrogens with one attached hydrogen (secondary N) is 1. The normalized spacial score (nSPS) is 14.7. The number of rotatable bonds is 4. The molecule has 15 heavy (non-hydrogen) atoms. The Morgan fingerprint density at radius 1 is 1.67 bits per heavy atom. The van der Waals surface area contributed by atoms with Gasteiger partial charge in [-0.05, 0) is 0 Å². The topological polar surface area (TPSA) is 85.8 Å². The van der Waals surface area contributed by atoms with E-state index in [1.165, 1.54) is 11.8 Å². The first-order chi connectivity index (χ1) is 7.06. The number of thioether (sulfide) groups is 1. The van der Waals surface area contributed by atoms with E-state index in [-0.39, 0.29) is 17.1 Å². The van der Waals surface area contributed by atoms with Gasteiger partial charge in [0.15, 0.2) is 5.16 Å². The van der Waals surface area contributed by atoms with Gasteiger partial charge in [0.05, 0.1) is 0 Å². The van der Waals surface area contributed by atoms with Gasteiger partial charge in [0.1, 0.15) is 6.33 Å². The van der Waals surface area contributed by atoms with Crippen molar-refractivity contribution in [2.45, 2.75) is 24.3 Å². The molecule has 2 atom stereocenters. The van der Waals surface area contributed by atoms with E-state index in [9.17, 15) is 4.79 Å².